The second-order valence-electron chi connectivity index (χ2n) is 14.6. The van der Waals surface area contributed by atoms with E-state index < -0.39 is 0 Å². The van der Waals surface area contributed by atoms with Gasteiger partial charge in [-0.25, -0.2) is 0 Å². The molecule has 7 aromatic carbocycles. The second kappa shape index (κ2) is 13.0. The minimum atomic E-state index is -0.0839. The van der Waals surface area contributed by atoms with Crippen molar-refractivity contribution in [3.8, 4) is 39.1 Å². The van der Waals surface area contributed by atoms with Gasteiger partial charge >= 0.3 is 0 Å². The fourth-order valence-corrected chi connectivity index (χ4v) is 8.64. The van der Waals surface area contributed by atoms with Gasteiger partial charge in [0.15, 0.2) is 0 Å². The van der Waals surface area contributed by atoms with Crippen LogP contribution < -0.4 is 4.90 Å². The lowest BCUT2D eigenvalue weighted by Crippen LogP contribution is -2.16. The molecule has 8 aromatic rings. The van der Waals surface area contributed by atoms with Crippen LogP contribution in [0.1, 0.15) is 43.2 Å². The molecule has 0 aliphatic heterocycles. The van der Waals surface area contributed by atoms with Gasteiger partial charge in [0.05, 0.1) is 5.52 Å². The van der Waals surface area contributed by atoms with Crippen molar-refractivity contribution >= 4 is 34.0 Å². The number of aromatic nitrogens is 1. The summed E-state index contributed by atoms with van der Waals surface area (Å²) < 4.78 is 2.38. The molecule has 1 heterocycles. The molecule has 1 aliphatic rings. The first-order chi connectivity index (χ1) is 25.9. The Morgan fingerprint density at radius 2 is 1.15 bits per heavy atom. The molecule has 0 radical (unpaired) electrons. The normalized spacial score (nSPS) is 13.0. The molecule has 9 rings (SSSR count). The smallest absolute Gasteiger partial charge is 0.0539 e. The molecular formula is C51H42N2. The van der Waals surface area contributed by atoms with Crippen molar-refractivity contribution in [3.63, 3.8) is 0 Å². The zero-order valence-electron chi connectivity index (χ0n) is 30.7. The zero-order valence-corrected chi connectivity index (χ0v) is 30.7. The summed E-state index contributed by atoms with van der Waals surface area (Å²) in [5.41, 5.74) is 18.5. The van der Waals surface area contributed by atoms with Crippen molar-refractivity contribution in [2.24, 2.45) is 0 Å². The molecule has 2 heteroatoms. The number of allylic oxidation sites excluding steroid dienone is 1. The summed E-state index contributed by atoms with van der Waals surface area (Å²) in [6.07, 6.45) is 4.39. The third kappa shape index (κ3) is 5.41. The van der Waals surface area contributed by atoms with E-state index in [0.717, 1.165) is 17.1 Å². The van der Waals surface area contributed by atoms with Crippen LogP contribution in [0.4, 0.5) is 17.1 Å². The van der Waals surface area contributed by atoms with Gasteiger partial charge in [-0.1, -0.05) is 141 Å². The quantitative estimate of drug-likeness (QED) is 0.162. The minimum absolute atomic E-state index is 0.0839. The molecule has 53 heavy (non-hydrogen) atoms. The molecule has 0 saturated carbocycles. The largest absolute Gasteiger partial charge is 0.313 e. The van der Waals surface area contributed by atoms with Crippen LogP contribution in [0.2, 0.25) is 0 Å². The van der Waals surface area contributed by atoms with Crippen LogP contribution in [0, 0.1) is 6.92 Å². The fraction of sp³-hybridized carbons (Fsp3) is 0.0980. The molecule has 0 atom stereocenters. The first-order valence-corrected chi connectivity index (χ1v) is 18.6. The maximum Gasteiger partial charge on any atom is 0.0539 e. The summed E-state index contributed by atoms with van der Waals surface area (Å²) in [7, 11) is 0. The van der Waals surface area contributed by atoms with E-state index in [9.17, 15) is 0 Å². The van der Waals surface area contributed by atoms with Crippen LogP contribution in [0.15, 0.2) is 176 Å². The summed E-state index contributed by atoms with van der Waals surface area (Å²) in [4.78, 5) is 2.40. The lowest BCUT2D eigenvalue weighted by Gasteiger charge is -2.27. The van der Waals surface area contributed by atoms with E-state index in [-0.39, 0.29) is 5.41 Å². The van der Waals surface area contributed by atoms with Gasteiger partial charge in [0.1, 0.15) is 0 Å². The molecule has 1 aromatic heterocycles. The van der Waals surface area contributed by atoms with E-state index in [1.807, 2.05) is 0 Å². The molecule has 0 amide bonds. The van der Waals surface area contributed by atoms with Crippen LogP contribution in [-0.4, -0.2) is 4.57 Å². The van der Waals surface area contributed by atoms with E-state index in [1.165, 1.54) is 72.4 Å². The Kier molecular flexibility index (Phi) is 7.97. The van der Waals surface area contributed by atoms with Gasteiger partial charge in [-0.05, 0) is 113 Å². The summed E-state index contributed by atoms with van der Waals surface area (Å²) in [5, 5.41) is 1.23. The van der Waals surface area contributed by atoms with Gasteiger partial charge in [0.2, 0.25) is 0 Å². The summed E-state index contributed by atoms with van der Waals surface area (Å²) in [6.45, 7) is 9.05. The highest BCUT2D eigenvalue weighted by atomic mass is 15.1. The minimum Gasteiger partial charge on any atom is -0.313 e. The maximum atomic E-state index is 2.40. The Morgan fingerprint density at radius 1 is 0.528 bits per heavy atom. The van der Waals surface area contributed by atoms with E-state index in [1.54, 1.807) is 0 Å². The number of anilines is 3. The van der Waals surface area contributed by atoms with E-state index in [4.69, 9.17) is 0 Å². The SMILES string of the molecule is C/C=C\c1c(C)n(-c2ccccc2)c2ccc(N(c3ccc(-c4cccc5c4C(C)(C)c4ccccc4-5)cc3)c3cccc(-c4ccccc4)c3)cc12. The molecular weight excluding hydrogens is 641 g/mol. The highest BCUT2D eigenvalue weighted by Crippen LogP contribution is 2.52. The van der Waals surface area contributed by atoms with Crippen molar-refractivity contribution in [1.29, 1.82) is 0 Å². The van der Waals surface area contributed by atoms with Crippen LogP contribution in [-0.2, 0) is 5.41 Å². The average molecular weight is 683 g/mol. The van der Waals surface area contributed by atoms with Crippen LogP contribution in [0.3, 0.4) is 0 Å². The predicted octanol–water partition coefficient (Wildman–Crippen LogP) is 14.1. The average Bonchev–Trinajstić information content (AvgIpc) is 3.62. The summed E-state index contributed by atoms with van der Waals surface area (Å²) in [6, 6.07) is 62.0. The Hall–Kier alpha value is -6.38. The fourth-order valence-electron chi connectivity index (χ4n) is 8.64. The van der Waals surface area contributed by atoms with Crippen molar-refractivity contribution < 1.29 is 0 Å². The number of para-hydroxylation sites is 1. The topological polar surface area (TPSA) is 8.17 Å². The van der Waals surface area contributed by atoms with Crippen molar-refractivity contribution in [1.82, 2.24) is 4.57 Å². The third-order valence-electron chi connectivity index (χ3n) is 11.1. The molecule has 0 bridgehead atoms. The van der Waals surface area contributed by atoms with Crippen LogP contribution >= 0.6 is 0 Å². The van der Waals surface area contributed by atoms with Gasteiger partial charge in [-0.3, -0.25) is 0 Å². The van der Waals surface area contributed by atoms with Gasteiger partial charge in [-0.2, -0.15) is 0 Å². The Balaban J connectivity index is 1.20. The highest BCUT2D eigenvalue weighted by molar-refractivity contribution is 5.97. The molecule has 0 fully saturated rings. The number of hydrogen-bond donors (Lipinski definition) is 0. The second-order valence-corrected chi connectivity index (χ2v) is 14.6. The van der Waals surface area contributed by atoms with E-state index in [0.29, 0.717) is 0 Å². The lowest BCUT2D eigenvalue weighted by molar-refractivity contribution is 0.662. The lowest BCUT2D eigenvalue weighted by atomic mass is 9.79. The Bertz CT molecular complexity index is 2640. The molecule has 256 valence electrons. The molecule has 0 saturated heterocycles. The van der Waals surface area contributed by atoms with Gasteiger partial charge < -0.3 is 9.47 Å². The van der Waals surface area contributed by atoms with Gasteiger partial charge in [-0.15, -0.1) is 0 Å². The Morgan fingerprint density at radius 3 is 1.92 bits per heavy atom. The molecule has 0 N–H and O–H groups in total. The van der Waals surface area contributed by atoms with E-state index >= 15 is 0 Å². The van der Waals surface area contributed by atoms with Crippen molar-refractivity contribution in [2.45, 2.75) is 33.1 Å². The first-order valence-electron chi connectivity index (χ1n) is 18.6. The molecule has 1 aliphatic carbocycles. The molecule has 0 unspecified atom stereocenters. The number of rotatable bonds is 7. The van der Waals surface area contributed by atoms with E-state index in [2.05, 4.69) is 219 Å². The number of hydrogen-bond acceptors (Lipinski definition) is 1. The maximum absolute atomic E-state index is 2.40. The monoisotopic (exact) mass is 682 g/mol. The highest BCUT2D eigenvalue weighted by Gasteiger charge is 2.37. The molecule has 0 spiro atoms. The number of fused-ring (bicyclic) bond motifs is 4. The van der Waals surface area contributed by atoms with Gasteiger partial charge in [0.25, 0.3) is 0 Å². The number of nitrogens with zero attached hydrogens (tertiary/aromatic N) is 2. The van der Waals surface area contributed by atoms with Crippen LogP contribution in [0.5, 0.6) is 0 Å². The Labute approximate surface area is 312 Å². The first kappa shape index (κ1) is 32.5. The third-order valence-corrected chi connectivity index (χ3v) is 11.1. The summed E-state index contributed by atoms with van der Waals surface area (Å²) >= 11 is 0. The number of benzene rings is 7. The van der Waals surface area contributed by atoms with Crippen molar-refractivity contribution in [2.75, 3.05) is 4.90 Å². The summed E-state index contributed by atoms with van der Waals surface area (Å²) in [5.74, 6) is 0. The zero-order chi connectivity index (χ0) is 36.1. The van der Waals surface area contributed by atoms with Gasteiger partial charge in [0, 0.05) is 44.8 Å². The van der Waals surface area contributed by atoms with Crippen molar-refractivity contribution in [3.05, 3.63) is 198 Å². The predicted molar refractivity (Wildman–Crippen MR) is 226 cm³/mol. The molecule has 2 nitrogen and oxygen atoms in total. The standard InChI is InChI=1S/C51H42N2/c1-5-16-43-35(2)52(39-20-10-7-11-21-39)49-32-31-42(34-47(43)49)53(41-22-14-19-38(33-41)36-17-8-6-9-18-36)40-29-27-37(28-30-40)44-24-15-25-46-45-23-12-13-26-48(45)51(3,4)50(44)46/h5-34H,1-4H3/b16-5-. The van der Waals surface area contributed by atoms with Crippen LogP contribution in [0.25, 0.3) is 56.0 Å².